The van der Waals surface area contributed by atoms with E-state index in [1.54, 1.807) is 30.5 Å². The number of nitrogens with one attached hydrogen (secondary N) is 2. The molecule has 1 amide bonds. The van der Waals surface area contributed by atoms with Crippen LogP contribution in [0.2, 0.25) is 0 Å². The van der Waals surface area contributed by atoms with Crippen LogP contribution in [0.3, 0.4) is 0 Å². The number of rotatable bonds is 5. The van der Waals surface area contributed by atoms with Crippen LogP contribution < -0.4 is 10.1 Å². The summed E-state index contributed by atoms with van der Waals surface area (Å²) in [5.41, 5.74) is 2.00. The molecule has 0 unspecified atom stereocenters. The number of amides is 1. The Morgan fingerprint density at radius 2 is 2.00 bits per heavy atom. The maximum absolute atomic E-state index is 12.7. The van der Waals surface area contributed by atoms with Gasteiger partial charge in [-0.05, 0) is 48.5 Å². The van der Waals surface area contributed by atoms with Gasteiger partial charge in [-0.1, -0.05) is 15.9 Å². The molecular formula is C19H13BrN4O2S. The molecule has 134 valence electrons. The number of nitrogens with zero attached hydrogens (tertiary/aromatic N) is 2. The van der Waals surface area contributed by atoms with E-state index in [4.69, 9.17) is 4.74 Å². The summed E-state index contributed by atoms with van der Waals surface area (Å²) in [6.07, 6.45) is 3.41. The first-order valence-electron chi connectivity index (χ1n) is 7.98. The summed E-state index contributed by atoms with van der Waals surface area (Å²) in [5.74, 6) is 0.496. The normalized spacial score (nSPS) is 10.6. The zero-order valence-electron chi connectivity index (χ0n) is 13.8. The van der Waals surface area contributed by atoms with Gasteiger partial charge in [0.25, 0.3) is 5.91 Å². The van der Waals surface area contributed by atoms with Crippen molar-refractivity contribution in [2.24, 2.45) is 0 Å². The first-order chi connectivity index (χ1) is 13.2. The summed E-state index contributed by atoms with van der Waals surface area (Å²) < 4.78 is 6.71. The number of ether oxygens (including phenoxy) is 1. The van der Waals surface area contributed by atoms with E-state index in [0.29, 0.717) is 16.4 Å². The molecule has 0 aliphatic carbocycles. The Kier molecular flexibility index (Phi) is 4.99. The summed E-state index contributed by atoms with van der Waals surface area (Å²) in [5, 5.41) is 5.18. The third-order valence-corrected chi connectivity index (χ3v) is 4.93. The van der Waals surface area contributed by atoms with Gasteiger partial charge in [-0.2, -0.15) is 0 Å². The molecule has 6 nitrogen and oxygen atoms in total. The Balaban J connectivity index is 1.53. The van der Waals surface area contributed by atoms with Crippen LogP contribution >= 0.6 is 27.3 Å². The number of anilines is 1. The van der Waals surface area contributed by atoms with E-state index in [1.807, 2.05) is 35.8 Å². The maximum atomic E-state index is 12.7. The molecule has 0 saturated heterocycles. The highest BCUT2D eigenvalue weighted by molar-refractivity contribution is 9.10. The largest absolute Gasteiger partial charge is 0.438 e. The standard InChI is InChI=1S/C19H13BrN4O2S/c20-12-5-7-13(8-6-12)26-18-14(3-1-10-22-18)17(25)24-19-23-16(11-27-19)15-4-2-9-21-15/h1-11,21H,(H,23,24,25). The Morgan fingerprint density at radius 3 is 2.78 bits per heavy atom. The average Bonchev–Trinajstić information content (AvgIpc) is 3.36. The number of hydrogen-bond donors (Lipinski definition) is 2. The molecule has 1 aromatic carbocycles. The van der Waals surface area contributed by atoms with Crippen molar-refractivity contribution in [3.05, 3.63) is 76.3 Å². The van der Waals surface area contributed by atoms with Crippen LogP contribution in [0.25, 0.3) is 11.4 Å². The molecule has 3 heterocycles. The first kappa shape index (κ1) is 17.4. The molecule has 4 rings (SSSR count). The SMILES string of the molecule is O=C(Nc1nc(-c2ccc[nH]2)cs1)c1cccnc1Oc1ccc(Br)cc1. The maximum Gasteiger partial charge on any atom is 0.262 e. The van der Waals surface area contributed by atoms with E-state index in [1.165, 1.54) is 11.3 Å². The number of aromatic nitrogens is 3. The Bertz CT molecular complexity index is 1060. The second kappa shape index (κ2) is 7.73. The van der Waals surface area contributed by atoms with Crippen molar-refractivity contribution in [2.45, 2.75) is 0 Å². The van der Waals surface area contributed by atoms with Gasteiger partial charge in [0, 0.05) is 22.2 Å². The van der Waals surface area contributed by atoms with E-state index >= 15 is 0 Å². The van der Waals surface area contributed by atoms with Crippen molar-refractivity contribution in [3.63, 3.8) is 0 Å². The molecule has 27 heavy (non-hydrogen) atoms. The number of hydrogen-bond acceptors (Lipinski definition) is 5. The molecular weight excluding hydrogens is 428 g/mol. The summed E-state index contributed by atoms with van der Waals surface area (Å²) >= 11 is 4.73. The molecule has 0 radical (unpaired) electrons. The summed E-state index contributed by atoms with van der Waals surface area (Å²) in [6, 6.07) is 14.5. The lowest BCUT2D eigenvalue weighted by atomic mass is 10.2. The van der Waals surface area contributed by atoms with Crippen molar-refractivity contribution in [3.8, 4) is 23.0 Å². The third-order valence-electron chi connectivity index (χ3n) is 3.64. The molecule has 0 saturated carbocycles. The quantitative estimate of drug-likeness (QED) is 0.438. The minimum absolute atomic E-state index is 0.235. The lowest BCUT2D eigenvalue weighted by Gasteiger charge is -2.09. The van der Waals surface area contributed by atoms with Gasteiger partial charge in [0.1, 0.15) is 11.3 Å². The number of aromatic amines is 1. The van der Waals surface area contributed by atoms with Gasteiger partial charge in [-0.25, -0.2) is 9.97 Å². The molecule has 0 fully saturated rings. The van der Waals surface area contributed by atoms with Crippen molar-refractivity contribution in [2.75, 3.05) is 5.32 Å². The summed E-state index contributed by atoms with van der Waals surface area (Å²) in [7, 11) is 0. The molecule has 0 bridgehead atoms. The highest BCUT2D eigenvalue weighted by atomic mass is 79.9. The van der Waals surface area contributed by atoms with Crippen molar-refractivity contribution in [1.82, 2.24) is 15.0 Å². The number of thiazole rings is 1. The number of carbonyl (C=O) groups excluding carboxylic acids is 1. The minimum Gasteiger partial charge on any atom is -0.438 e. The Morgan fingerprint density at radius 1 is 1.15 bits per heavy atom. The van der Waals surface area contributed by atoms with Gasteiger partial charge < -0.3 is 9.72 Å². The van der Waals surface area contributed by atoms with Crippen LogP contribution in [-0.2, 0) is 0 Å². The smallest absolute Gasteiger partial charge is 0.262 e. The number of pyridine rings is 1. The van der Waals surface area contributed by atoms with Crippen LogP contribution in [0.1, 0.15) is 10.4 Å². The first-order valence-corrected chi connectivity index (χ1v) is 9.65. The predicted octanol–water partition coefficient (Wildman–Crippen LogP) is 5.34. The molecule has 0 aliphatic heterocycles. The van der Waals surface area contributed by atoms with E-state index in [0.717, 1.165) is 15.9 Å². The van der Waals surface area contributed by atoms with Gasteiger partial charge >= 0.3 is 0 Å². The lowest BCUT2D eigenvalue weighted by molar-refractivity contribution is 0.102. The van der Waals surface area contributed by atoms with Crippen molar-refractivity contribution in [1.29, 1.82) is 0 Å². The van der Waals surface area contributed by atoms with E-state index < -0.39 is 0 Å². The molecule has 2 N–H and O–H groups in total. The Hall–Kier alpha value is -2.97. The highest BCUT2D eigenvalue weighted by Gasteiger charge is 2.16. The molecule has 3 aromatic heterocycles. The van der Waals surface area contributed by atoms with Crippen molar-refractivity contribution < 1.29 is 9.53 Å². The fourth-order valence-electron chi connectivity index (χ4n) is 2.37. The molecule has 0 atom stereocenters. The predicted molar refractivity (Wildman–Crippen MR) is 108 cm³/mol. The number of benzene rings is 1. The van der Waals surface area contributed by atoms with Crippen LogP contribution in [0.5, 0.6) is 11.6 Å². The van der Waals surface area contributed by atoms with Gasteiger partial charge in [-0.15, -0.1) is 11.3 Å². The molecule has 0 aliphatic rings. The minimum atomic E-state index is -0.331. The van der Waals surface area contributed by atoms with Gasteiger partial charge in [0.05, 0.1) is 11.4 Å². The van der Waals surface area contributed by atoms with Crippen LogP contribution in [0.15, 0.2) is 70.8 Å². The fourth-order valence-corrected chi connectivity index (χ4v) is 3.34. The monoisotopic (exact) mass is 440 g/mol. The van der Waals surface area contributed by atoms with E-state index in [-0.39, 0.29) is 11.8 Å². The van der Waals surface area contributed by atoms with Crippen LogP contribution in [-0.4, -0.2) is 20.9 Å². The number of halogens is 1. The Labute approximate surface area is 167 Å². The van der Waals surface area contributed by atoms with E-state index in [2.05, 4.69) is 36.2 Å². The second-order valence-electron chi connectivity index (χ2n) is 5.49. The van der Waals surface area contributed by atoms with Gasteiger partial charge in [0.15, 0.2) is 5.13 Å². The number of carbonyl (C=O) groups is 1. The second-order valence-corrected chi connectivity index (χ2v) is 7.26. The van der Waals surface area contributed by atoms with E-state index in [9.17, 15) is 4.79 Å². The fraction of sp³-hybridized carbons (Fsp3) is 0. The molecule has 4 aromatic rings. The summed E-state index contributed by atoms with van der Waals surface area (Å²) in [6.45, 7) is 0. The highest BCUT2D eigenvalue weighted by Crippen LogP contribution is 2.27. The lowest BCUT2D eigenvalue weighted by Crippen LogP contribution is -2.13. The zero-order valence-corrected chi connectivity index (χ0v) is 16.3. The molecule has 0 spiro atoms. The number of H-pyrrole nitrogens is 1. The topological polar surface area (TPSA) is 79.9 Å². The van der Waals surface area contributed by atoms with Gasteiger partial charge in [-0.3, -0.25) is 10.1 Å². The summed E-state index contributed by atoms with van der Waals surface area (Å²) in [4.78, 5) is 24.4. The van der Waals surface area contributed by atoms with Crippen LogP contribution in [0, 0.1) is 0 Å². The molecule has 8 heteroatoms. The van der Waals surface area contributed by atoms with Crippen LogP contribution in [0.4, 0.5) is 5.13 Å². The van der Waals surface area contributed by atoms with Crippen molar-refractivity contribution >= 4 is 38.3 Å². The average molecular weight is 441 g/mol. The zero-order chi connectivity index (χ0) is 18.6. The third kappa shape index (κ3) is 4.07. The van der Waals surface area contributed by atoms with Gasteiger partial charge in [0.2, 0.25) is 5.88 Å².